The van der Waals surface area contributed by atoms with Crippen LogP contribution < -0.4 is 16.0 Å². The Hall–Kier alpha value is -3.06. The number of piperidine rings is 1. The zero-order valence-corrected chi connectivity index (χ0v) is 16.4. The van der Waals surface area contributed by atoms with Gasteiger partial charge in [0.25, 0.3) is 5.91 Å². The summed E-state index contributed by atoms with van der Waals surface area (Å²) in [6.07, 6.45) is 3.66. The molecule has 3 aromatic rings. The summed E-state index contributed by atoms with van der Waals surface area (Å²) in [6, 6.07) is 12.0. The minimum Gasteiger partial charge on any atom is -0.419 e. The molecule has 1 saturated heterocycles. The number of benzene rings is 2. The van der Waals surface area contributed by atoms with E-state index in [0.717, 1.165) is 18.8 Å². The van der Waals surface area contributed by atoms with E-state index >= 15 is 0 Å². The molecule has 1 aliphatic heterocycles. The fourth-order valence-corrected chi connectivity index (χ4v) is 3.66. The van der Waals surface area contributed by atoms with Crippen LogP contribution in [-0.2, 0) is 0 Å². The maximum atomic E-state index is 14.2. The van der Waals surface area contributed by atoms with Crippen LogP contribution >= 0.6 is 11.6 Å². The number of aromatic nitrogens is 1. The van der Waals surface area contributed by atoms with Gasteiger partial charge in [0.05, 0.1) is 10.6 Å². The quantitative estimate of drug-likeness (QED) is 0.616. The molecule has 1 aliphatic rings. The van der Waals surface area contributed by atoms with Crippen LogP contribution in [0.3, 0.4) is 0 Å². The Kier molecular flexibility index (Phi) is 5.40. The largest absolute Gasteiger partial charge is 0.419 e. The van der Waals surface area contributed by atoms with Gasteiger partial charge in [0.15, 0.2) is 5.69 Å². The predicted octanol–water partition coefficient (Wildman–Crippen LogP) is 4.97. The molecule has 0 aliphatic carbocycles. The molecule has 0 unspecified atom stereocenters. The van der Waals surface area contributed by atoms with Gasteiger partial charge in [0.2, 0.25) is 11.8 Å². The van der Waals surface area contributed by atoms with Crippen LogP contribution in [0.1, 0.15) is 29.8 Å². The highest BCUT2D eigenvalue weighted by atomic mass is 35.5. The third-order valence-electron chi connectivity index (χ3n) is 4.88. The Balaban J connectivity index is 1.61. The van der Waals surface area contributed by atoms with Crippen molar-refractivity contribution in [3.8, 4) is 11.5 Å². The van der Waals surface area contributed by atoms with E-state index in [-0.39, 0.29) is 28.1 Å². The first-order valence-corrected chi connectivity index (χ1v) is 9.78. The van der Waals surface area contributed by atoms with Crippen LogP contribution in [0.15, 0.2) is 46.9 Å². The van der Waals surface area contributed by atoms with Crippen molar-refractivity contribution in [2.45, 2.75) is 19.3 Å². The summed E-state index contributed by atoms with van der Waals surface area (Å²) in [4.78, 5) is 18.2. The maximum Gasteiger partial charge on any atom is 0.273 e. The second kappa shape index (κ2) is 8.13. The SMILES string of the molecule is NC(=O)c1nc(-c2c(F)cccc2Cl)oc1Nc1ccc(N2CCCCC2)cc1. The number of carbonyl (C=O) groups is 1. The summed E-state index contributed by atoms with van der Waals surface area (Å²) in [6.45, 7) is 2.10. The highest BCUT2D eigenvalue weighted by Gasteiger charge is 2.23. The number of carbonyl (C=O) groups excluding carboxylic acids is 1. The van der Waals surface area contributed by atoms with Gasteiger partial charge in [-0.25, -0.2) is 9.37 Å². The lowest BCUT2D eigenvalue weighted by Gasteiger charge is -2.28. The molecule has 29 heavy (non-hydrogen) atoms. The van der Waals surface area contributed by atoms with Gasteiger partial charge in [-0.1, -0.05) is 17.7 Å². The number of nitrogens with two attached hydrogens (primary N) is 1. The molecule has 3 N–H and O–H groups in total. The molecule has 2 aromatic carbocycles. The van der Waals surface area contributed by atoms with Crippen LogP contribution in [0.2, 0.25) is 5.02 Å². The molecule has 0 bridgehead atoms. The second-order valence-electron chi connectivity index (χ2n) is 6.88. The zero-order valence-electron chi connectivity index (χ0n) is 15.6. The predicted molar refractivity (Wildman–Crippen MR) is 111 cm³/mol. The van der Waals surface area contributed by atoms with E-state index in [0.29, 0.717) is 5.69 Å². The molecule has 4 rings (SSSR count). The van der Waals surface area contributed by atoms with E-state index in [2.05, 4.69) is 15.2 Å². The van der Waals surface area contributed by atoms with Gasteiger partial charge in [-0.15, -0.1) is 0 Å². The first kappa shape index (κ1) is 19.3. The summed E-state index contributed by atoms with van der Waals surface area (Å²) in [5.74, 6) is -1.47. The van der Waals surface area contributed by atoms with E-state index in [1.165, 1.54) is 37.5 Å². The molecule has 0 radical (unpaired) electrons. The van der Waals surface area contributed by atoms with Crippen LogP contribution in [0.4, 0.5) is 21.6 Å². The summed E-state index contributed by atoms with van der Waals surface area (Å²) in [5, 5.41) is 3.12. The average Bonchev–Trinajstić information content (AvgIpc) is 3.13. The van der Waals surface area contributed by atoms with E-state index in [1.807, 2.05) is 24.3 Å². The van der Waals surface area contributed by atoms with Gasteiger partial charge >= 0.3 is 0 Å². The summed E-state index contributed by atoms with van der Waals surface area (Å²) in [7, 11) is 0. The average molecular weight is 415 g/mol. The Morgan fingerprint density at radius 3 is 2.52 bits per heavy atom. The first-order valence-electron chi connectivity index (χ1n) is 9.40. The van der Waals surface area contributed by atoms with Gasteiger partial charge in [0.1, 0.15) is 5.82 Å². The second-order valence-corrected chi connectivity index (χ2v) is 7.28. The normalized spacial score (nSPS) is 14.1. The van der Waals surface area contributed by atoms with Crippen LogP contribution in [-0.4, -0.2) is 24.0 Å². The van der Waals surface area contributed by atoms with Crippen LogP contribution in [0.5, 0.6) is 0 Å². The Bertz CT molecular complexity index is 1010. The molecule has 1 fully saturated rings. The van der Waals surface area contributed by atoms with Crippen molar-refractivity contribution in [1.82, 2.24) is 4.98 Å². The number of oxazole rings is 1. The van der Waals surface area contributed by atoms with Gasteiger partial charge < -0.3 is 20.4 Å². The van der Waals surface area contributed by atoms with Crippen LogP contribution in [0, 0.1) is 5.82 Å². The Morgan fingerprint density at radius 1 is 1.14 bits per heavy atom. The molecule has 1 aromatic heterocycles. The number of halogens is 2. The highest BCUT2D eigenvalue weighted by molar-refractivity contribution is 6.33. The van der Waals surface area contributed by atoms with Crippen molar-refractivity contribution >= 4 is 34.8 Å². The van der Waals surface area contributed by atoms with Gasteiger partial charge in [-0.05, 0) is 55.7 Å². The van der Waals surface area contributed by atoms with E-state index in [1.54, 1.807) is 0 Å². The summed E-state index contributed by atoms with van der Waals surface area (Å²) < 4.78 is 19.8. The van der Waals surface area contributed by atoms with Gasteiger partial charge in [0, 0.05) is 24.5 Å². The van der Waals surface area contributed by atoms with Crippen molar-refractivity contribution in [2.24, 2.45) is 5.73 Å². The number of hydrogen-bond donors (Lipinski definition) is 2. The Morgan fingerprint density at radius 2 is 1.86 bits per heavy atom. The van der Waals surface area contributed by atoms with Crippen molar-refractivity contribution in [2.75, 3.05) is 23.3 Å². The lowest BCUT2D eigenvalue weighted by atomic mass is 10.1. The van der Waals surface area contributed by atoms with E-state index in [9.17, 15) is 9.18 Å². The van der Waals surface area contributed by atoms with E-state index < -0.39 is 11.7 Å². The van der Waals surface area contributed by atoms with Gasteiger partial charge in [-0.2, -0.15) is 0 Å². The number of primary amides is 1. The van der Waals surface area contributed by atoms with Crippen molar-refractivity contribution in [3.05, 3.63) is 59.0 Å². The lowest BCUT2D eigenvalue weighted by Crippen LogP contribution is -2.29. The van der Waals surface area contributed by atoms with Crippen molar-refractivity contribution in [1.29, 1.82) is 0 Å². The zero-order chi connectivity index (χ0) is 20.4. The third-order valence-corrected chi connectivity index (χ3v) is 5.20. The number of nitrogens with zero attached hydrogens (tertiary/aromatic N) is 2. The summed E-state index contributed by atoms with van der Waals surface area (Å²) >= 11 is 6.08. The van der Waals surface area contributed by atoms with E-state index in [4.69, 9.17) is 21.8 Å². The van der Waals surface area contributed by atoms with Crippen LogP contribution in [0.25, 0.3) is 11.5 Å². The number of rotatable bonds is 5. The maximum absolute atomic E-state index is 14.2. The van der Waals surface area contributed by atoms with Crippen molar-refractivity contribution < 1.29 is 13.6 Å². The molecule has 1 amide bonds. The first-order chi connectivity index (χ1) is 14.0. The monoisotopic (exact) mass is 414 g/mol. The minimum atomic E-state index is -0.792. The lowest BCUT2D eigenvalue weighted by molar-refractivity contribution is 0.0996. The molecule has 0 saturated carbocycles. The minimum absolute atomic E-state index is 0.0230. The molecule has 6 nitrogen and oxygen atoms in total. The molecule has 8 heteroatoms. The Labute approximate surface area is 172 Å². The fraction of sp³-hybridized carbons (Fsp3) is 0.238. The standard InChI is InChI=1S/C21H20ClFN4O2/c22-15-5-4-6-16(23)17(15)20-26-18(19(24)28)21(29-20)25-13-7-9-14(10-8-13)27-11-2-1-3-12-27/h4-10,25H,1-3,11-12H2,(H2,24,28). The molecular formula is C21H20ClFN4O2. The molecule has 2 heterocycles. The smallest absolute Gasteiger partial charge is 0.273 e. The van der Waals surface area contributed by atoms with Crippen molar-refractivity contribution in [3.63, 3.8) is 0 Å². The number of anilines is 3. The number of nitrogens with one attached hydrogen (secondary N) is 1. The fourth-order valence-electron chi connectivity index (χ4n) is 3.42. The highest BCUT2D eigenvalue weighted by Crippen LogP contribution is 2.34. The third kappa shape index (κ3) is 4.05. The molecular weight excluding hydrogens is 395 g/mol. The van der Waals surface area contributed by atoms with Gasteiger partial charge in [-0.3, -0.25) is 4.79 Å². The molecule has 0 spiro atoms. The summed E-state index contributed by atoms with van der Waals surface area (Å²) in [5.41, 5.74) is 7.10. The molecule has 0 atom stereocenters. The topological polar surface area (TPSA) is 84.4 Å². The number of amides is 1. The number of hydrogen-bond acceptors (Lipinski definition) is 5. The molecule has 150 valence electrons.